The largest absolute Gasteiger partial charge is 0.497 e. The molecule has 3 rings (SSSR count). The lowest BCUT2D eigenvalue weighted by Gasteiger charge is -2.36. The van der Waals surface area contributed by atoms with Gasteiger partial charge in [0.2, 0.25) is 0 Å². The number of anilines is 2. The third-order valence-electron chi connectivity index (χ3n) is 5.22. The van der Waals surface area contributed by atoms with Crippen molar-refractivity contribution in [2.75, 3.05) is 56.6 Å². The fourth-order valence-electron chi connectivity index (χ4n) is 3.75. The Kier molecular flexibility index (Phi) is 7.36. The van der Waals surface area contributed by atoms with Gasteiger partial charge in [-0.3, -0.25) is 9.89 Å². The zero-order chi connectivity index (χ0) is 20.6. The first-order valence-corrected chi connectivity index (χ1v) is 10.3. The van der Waals surface area contributed by atoms with Crippen molar-refractivity contribution in [1.29, 1.82) is 0 Å². The maximum Gasteiger partial charge on any atom is 0.193 e. The van der Waals surface area contributed by atoms with Crippen LogP contribution in [0.3, 0.4) is 0 Å². The minimum absolute atomic E-state index is 0.485. The van der Waals surface area contributed by atoms with Gasteiger partial charge in [0, 0.05) is 50.6 Å². The minimum atomic E-state index is 0.485. The number of hydrogen-bond acceptors (Lipinski definition) is 4. The molecule has 2 aromatic rings. The van der Waals surface area contributed by atoms with Crippen LogP contribution in [0.25, 0.3) is 0 Å². The lowest BCUT2D eigenvalue weighted by molar-refractivity contribution is 0.256. The fraction of sp³-hybridized carbons (Fsp3) is 0.435. The Morgan fingerprint density at radius 2 is 1.69 bits per heavy atom. The first kappa shape index (κ1) is 21.0. The molecule has 156 valence electrons. The summed E-state index contributed by atoms with van der Waals surface area (Å²) in [4.78, 5) is 9.41. The van der Waals surface area contributed by atoms with Gasteiger partial charge in [-0.1, -0.05) is 6.07 Å². The second kappa shape index (κ2) is 10.2. The number of aliphatic imine (C=N–C) groups is 1. The summed E-state index contributed by atoms with van der Waals surface area (Å²) in [6.45, 7) is 10.2. The summed E-state index contributed by atoms with van der Waals surface area (Å²) in [5.41, 5.74) is 10.7. The summed E-state index contributed by atoms with van der Waals surface area (Å²) >= 11 is 0. The molecule has 1 heterocycles. The Hall–Kier alpha value is -2.73. The van der Waals surface area contributed by atoms with Crippen LogP contribution in [0, 0.1) is 13.8 Å². The smallest absolute Gasteiger partial charge is 0.193 e. The number of piperazine rings is 1. The normalized spacial score (nSPS) is 15.4. The standard InChI is InChI=1S/C23H33N5O/c1-18-15-19(2)17-20(16-18)26-23(24)25-9-4-10-27-11-13-28(14-12-27)21-5-7-22(29-3)8-6-21/h5-8,15-17H,4,9-14H2,1-3H3,(H3,24,25,26). The summed E-state index contributed by atoms with van der Waals surface area (Å²) in [5.74, 6) is 1.39. The number of nitrogens with zero attached hydrogens (tertiary/aromatic N) is 3. The van der Waals surface area contributed by atoms with E-state index >= 15 is 0 Å². The summed E-state index contributed by atoms with van der Waals surface area (Å²) in [6, 6.07) is 14.6. The number of rotatable bonds is 7. The molecule has 0 bridgehead atoms. The molecule has 0 radical (unpaired) electrons. The van der Waals surface area contributed by atoms with Crippen LogP contribution < -0.4 is 20.7 Å². The summed E-state index contributed by atoms with van der Waals surface area (Å²) in [7, 11) is 1.70. The average Bonchev–Trinajstić information content (AvgIpc) is 2.71. The summed E-state index contributed by atoms with van der Waals surface area (Å²) < 4.78 is 5.24. The number of hydrogen-bond donors (Lipinski definition) is 2. The van der Waals surface area contributed by atoms with Gasteiger partial charge >= 0.3 is 0 Å². The molecule has 3 N–H and O–H groups in total. The highest BCUT2D eigenvalue weighted by Crippen LogP contribution is 2.20. The quantitative estimate of drug-likeness (QED) is 0.428. The predicted octanol–water partition coefficient (Wildman–Crippen LogP) is 3.25. The van der Waals surface area contributed by atoms with E-state index < -0.39 is 0 Å². The van der Waals surface area contributed by atoms with Crippen molar-refractivity contribution >= 4 is 17.3 Å². The van der Waals surface area contributed by atoms with Gasteiger partial charge in [-0.15, -0.1) is 0 Å². The molecule has 2 aromatic carbocycles. The highest BCUT2D eigenvalue weighted by Gasteiger charge is 2.16. The molecule has 1 aliphatic heterocycles. The molecule has 0 unspecified atom stereocenters. The Bertz CT molecular complexity index is 790. The van der Waals surface area contributed by atoms with E-state index in [0.717, 1.165) is 57.1 Å². The van der Waals surface area contributed by atoms with Crippen molar-refractivity contribution in [1.82, 2.24) is 4.90 Å². The minimum Gasteiger partial charge on any atom is -0.497 e. The maximum atomic E-state index is 6.04. The van der Waals surface area contributed by atoms with E-state index in [0.29, 0.717) is 5.96 Å². The Balaban J connectivity index is 1.37. The third-order valence-corrected chi connectivity index (χ3v) is 5.22. The van der Waals surface area contributed by atoms with Gasteiger partial charge in [0.1, 0.15) is 5.75 Å². The summed E-state index contributed by atoms with van der Waals surface area (Å²) in [6.07, 6.45) is 1.01. The number of benzene rings is 2. The number of ether oxygens (including phenoxy) is 1. The molecule has 6 nitrogen and oxygen atoms in total. The number of methoxy groups -OCH3 is 1. The van der Waals surface area contributed by atoms with E-state index in [9.17, 15) is 0 Å². The van der Waals surface area contributed by atoms with Crippen LogP contribution in [0.5, 0.6) is 5.75 Å². The molecule has 0 spiro atoms. The van der Waals surface area contributed by atoms with Crippen molar-refractivity contribution in [2.45, 2.75) is 20.3 Å². The van der Waals surface area contributed by atoms with E-state index in [1.807, 2.05) is 12.1 Å². The van der Waals surface area contributed by atoms with Crippen LogP contribution in [0.2, 0.25) is 0 Å². The van der Waals surface area contributed by atoms with E-state index in [4.69, 9.17) is 10.5 Å². The topological polar surface area (TPSA) is 66.1 Å². The van der Waals surface area contributed by atoms with Gasteiger partial charge in [-0.05, 0) is 67.8 Å². The molecule has 0 aliphatic carbocycles. The highest BCUT2D eigenvalue weighted by atomic mass is 16.5. The van der Waals surface area contributed by atoms with Crippen molar-refractivity contribution in [2.24, 2.45) is 10.7 Å². The number of nitrogens with one attached hydrogen (secondary N) is 1. The molecule has 29 heavy (non-hydrogen) atoms. The third kappa shape index (κ3) is 6.39. The average molecular weight is 396 g/mol. The van der Waals surface area contributed by atoms with Gasteiger partial charge in [-0.2, -0.15) is 0 Å². The van der Waals surface area contributed by atoms with Crippen LogP contribution in [0.1, 0.15) is 17.5 Å². The van der Waals surface area contributed by atoms with Crippen molar-refractivity contribution < 1.29 is 4.74 Å². The van der Waals surface area contributed by atoms with Crippen molar-refractivity contribution in [3.8, 4) is 5.75 Å². The molecule has 1 aliphatic rings. The molecule has 6 heteroatoms. The fourth-order valence-corrected chi connectivity index (χ4v) is 3.75. The molecule has 1 fully saturated rings. The lowest BCUT2D eigenvalue weighted by atomic mass is 10.1. The zero-order valence-electron chi connectivity index (χ0n) is 17.8. The molecule has 0 atom stereocenters. The van der Waals surface area contributed by atoms with Crippen LogP contribution in [-0.4, -0.2) is 57.2 Å². The maximum absolute atomic E-state index is 6.04. The molecule has 0 aromatic heterocycles. The number of aryl methyl sites for hydroxylation is 2. The van der Waals surface area contributed by atoms with Crippen LogP contribution in [0.15, 0.2) is 47.5 Å². The highest BCUT2D eigenvalue weighted by molar-refractivity contribution is 5.92. The molecular formula is C23H33N5O. The van der Waals surface area contributed by atoms with Gasteiger partial charge in [-0.25, -0.2) is 0 Å². The SMILES string of the molecule is COc1ccc(N2CCN(CCCN=C(N)Nc3cc(C)cc(C)c3)CC2)cc1. The first-order valence-electron chi connectivity index (χ1n) is 10.3. The zero-order valence-corrected chi connectivity index (χ0v) is 17.8. The molecule has 0 amide bonds. The first-order chi connectivity index (χ1) is 14.0. The van der Waals surface area contributed by atoms with Crippen LogP contribution in [-0.2, 0) is 0 Å². The Morgan fingerprint density at radius 3 is 2.31 bits per heavy atom. The Morgan fingerprint density at radius 1 is 1.03 bits per heavy atom. The van der Waals surface area contributed by atoms with Gasteiger partial charge in [0.05, 0.1) is 7.11 Å². The lowest BCUT2D eigenvalue weighted by Crippen LogP contribution is -2.46. The number of nitrogens with two attached hydrogens (primary N) is 1. The van der Waals surface area contributed by atoms with E-state index in [1.54, 1.807) is 7.11 Å². The molecule has 0 saturated carbocycles. The summed E-state index contributed by atoms with van der Waals surface area (Å²) in [5, 5.41) is 3.19. The van der Waals surface area contributed by atoms with E-state index in [1.165, 1.54) is 16.8 Å². The van der Waals surface area contributed by atoms with E-state index in [2.05, 4.69) is 64.3 Å². The van der Waals surface area contributed by atoms with Crippen molar-refractivity contribution in [3.63, 3.8) is 0 Å². The van der Waals surface area contributed by atoms with Gasteiger partial charge in [0.25, 0.3) is 0 Å². The van der Waals surface area contributed by atoms with Crippen LogP contribution in [0.4, 0.5) is 11.4 Å². The van der Waals surface area contributed by atoms with E-state index in [-0.39, 0.29) is 0 Å². The predicted molar refractivity (Wildman–Crippen MR) is 122 cm³/mol. The number of guanidine groups is 1. The second-order valence-corrected chi connectivity index (χ2v) is 7.65. The molecule has 1 saturated heterocycles. The van der Waals surface area contributed by atoms with Gasteiger partial charge < -0.3 is 20.7 Å². The monoisotopic (exact) mass is 395 g/mol. The molecular weight excluding hydrogens is 362 g/mol. The van der Waals surface area contributed by atoms with Crippen LogP contribution >= 0.6 is 0 Å². The Labute approximate surface area is 174 Å². The van der Waals surface area contributed by atoms with Gasteiger partial charge in [0.15, 0.2) is 5.96 Å². The van der Waals surface area contributed by atoms with Crippen molar-refractivity contribution in [3.05, 3.63) is 53.6 Å². The second-order valence-electron chi connectivity index (χ2n) is 7.65.